The average Bonchev–Trinajstić information content (AvgIpc) is 3.30. The number of ether oxygens (including phenoxy) is 1. The average molecular weight is 449 g/mol. The molecule has 0 atom stereocenters. The summed E-state index contributed by atoms with van der Waals surface area (Å²) in [5.41, 5.74) is 14.6. The number of hydrogen-bond donors (Lipinski definition) is 3. The summed E-state index contributed by atoms with van der Waals surface area (Å²) in [7, 11) is 1.75. The van der Waals surface area contributed by atoms with Crippen LogP contribution in [-0.2, 0) is 4.74 Å². The Bertz CT molecular complexity index is 1390. The molecule has 4 aromatic heterocycles. The van der Waals surface area contributed by atoms with Gasteiger partial charge in [0.2, 0.25) is 0 Å². The molecule has 2 aliphatic carbocycles. The minimum Gasteiger partial charge on any atom is -0.390 e. The molecule has 4 heterocycles. The second-order valence-corrected chi connectivity index (χ2v) is 10.1. The first-order valence-electron chi connectivity index (χ1n) is 11.2. The second-order valence-electron chi connectivity index (χ2n) is 10.1. The van der Waals surface area contributed by atoms with Gasteiger partial charge in [-0.2, -0.15) is 0 Å². The number of nitrogens with two attached hydrogens (primary N) is 2. The van der Waals surface area contributed by atoms with Crippen LogP contribution in [0, 0.1) is 0 Å². The highest BCUT2D eigenvalue weighted by Gasteiger charge is 2.44. The van der Waals surface area contributed by atoms with Crippen molar-refractivity contribution in [3.05, 3.63) is 36.4 Å². The highest BCUT2D eigenvalue weighted by Crippen LogP contribution is 2.48. The Morgan fingerprint density at radius 3 is 1.76 bits per heavy atom. The number of nitrogens with zero attached hydrogens (tertiary/aromatic N) is 6. The molecule has 5 N–H and O–H groups in total. The van der Waals surface area contributed by atoms with E-state index in [9.17, 15) is 5.11 Å². The number of imidazole rings is 2. The Morgan fingerprint density at radius 2 is 1.33 bits per heavy atom. The Kier molecular flexibility index (Phi) is 4.10. The molecule has 0 radical (unpaired) electrons. The molecular weight excluding hydrogens is 420 g/mol. The lowest BCUT2D eigenvalue weighted by atomic mass is 9.71. The van der Waals surface area contributed by atoms with Crippen LogP contribution >= 0.6 is 0 Å². The molecule has 2 aliphatic rings. The summed E-state index contributed by atoms with van der Waals surface area (Å²) < 4.78 is 9.65. The SMILES string of the molecule is CO[C@]1(C)C[C@H](c2nc(-c3nc([C@H]4C[C@@](C)(O)C4)n4ccnc(N)c34)c3c(N)nccn32)C1. The zero-order chi connectivity index (χ0) is 23.1. The van der Waals surface area contributed by atoms with Crippen LogP contribution in [-0.4, -0.2) is 52.2 Å². The van der Waals surface area contributed by atoms with Gasteiger partial charge in [-0.15, -0.1) is 0 Å². The molecule has 0 unspecified atom stereocenters. The van der Waals surface area contributed by atoms with E-state index in [0.29, 0.717) is 46.9 Å². The van der Waals surface area contributed by atoms with E-state index in [-0.39, 0.29) is 17.4 Å². The van der Waals surface area contributed by atoms with E-state index in [4.69, 9.17) is 26.2 Å². The first-order chi connectivity index (χ1) is 15.7. The van der Waals surface area contributed by atoms with Gasteiger partial charge < -0.3 is 21.3 Å². The Morgan fingerprint density at radius 1 is 0.879 bits per heavy atom. The minimum absolute atomic E-state index is 0.126. The molecule has 33 heavy (non-hydrogen) atoms. The van der Waals surface area contributed by atoms with Gasteiger partial charge in [0.05, 0.1) is 11.2 Å². The topological polar surface area (TPSA) is 142 Å². The Balaban J connectivity index is 1.55. The lowest BCUT2D eigenvalue weighted by Gasteiger charge is -2.43. The number of aliphatic hydroxyl groups is 1. The van der Waals surface area contributed by atoms with Crippen LogP contribution in [0.3, 0.4) is 0 Å². The molecule has 6 rings (SSSR count). The summed E-state index contributed by atoms with van der Waals surface area (Å²) in [6.07, 6.45) is 10.1. The second kappa shape index (κ2) is 6.64. The quantitative estimate of drug-likeness (QED) is 0.432. The number of methoxy groups -OCH3 is 1. The van der Waals surface area contributed by atoms with Crippen LogP contribution in [0.2, 0.25) is 0 Å². The van der Waals surface area contributed by atoms with Gasteiger partial charge in [0.15, 0.2) is 0 Å². The smallest absolute Gasteiger partial charge is 0.150 e. The minimum atomic E-state index is -0.671. The first-order valence-corrected chi connectivity index (χ1v) is 11.2. The predicted molar refractivity (Wildman–Crippen MR) is 124 cm³/mol. The fourth-order valence-corrected chi connectivity index (χ4v) is 5.60. The number of anilines is 2. The molecule has 0 aliphatic heterocycles. The largest absolute Gasteiger partial charge is 0.390 e. The van der Waals surface area contributed by atoms with Crippen LogP contribution in [0.15, 0.2) is 24.8 Å². The molecular formula is C23H28N8O2. The number of fused-ring (bicyclic) bond motifs is 2. The van der Waals surface area contributed by atoms with E-state index in [0.717, 1.165) is 24.5 Å². The maximum Gasteiger partial charge on any atom is 0.150 e. The molecule has 0 aromatic carbocycles. The van der Waals surface area contributed by atoms with Crippen LogP contribution < -0.4 is 11.5 Å². The van der Waals surface area contributed by atoms with Crippen LogP contribution in [0.25, 0.3) is 22.4 Å². The van der Waals surface area contributed by atoms with E-state index >= 15 is 0 Å². The molecule has 2 fully saturated rings. The van der Waals surface area contributed by atoms with Crippen molar-refractivity contribution >= 4 is 22.7 Å². The van der Waals surface area contributed by atoms with Crippen molar-refractivity contribution in [2.75, 3.05) is 18.6 Å². The molecule has 0 bridgehead atoms. The lowest BCUT2D eigenvalue weighted by molar-refractivity contribution is -0.0708. The lowest BCUT2D eigenvalue weighted by Crippen LogP contribution is -2.41. The standard InChI is InChI=1S/C23H28N8O2/c1-22(32)8-12(9-22)20-28-14(16-18(24)26-4-6-30(16)20)15-17-19(25)27-5-7-31(17)21(29-15)13-10-23(2,11-13)33-3/h4-7,12-13,32H,8-11H2,1-3H3,(H2,24,26)(H2,25,27)/t12-,13-,22+,23+. The summed E-state index contributed by atoms with van der Waals surface area (Å²) in [5, 5.41) is 10.3. The molecule has 0 saturated heterocycles. The summed E-state index contributed by atoms with van der Waals surface area (Å²) in [6, 6.07) is 0. The molecule has 0 spiro atoms. The van der Waals surface area contributed by atoms with Gasteiger partial charge in [-0.3, -0.25) is 8.80 Å². The molecule has 0 amide bonds. The molecule has 4 aromatic rings. The summed E-state index contributed by atoms with van der Waals surface area (Å²) in [6.45, 7) is 3.97. The van der Waals surface area contributed by atoms with Crippen molar-refractivity contribution in [3.63, 3.8) is 0 Å². The molecule has 10 heteroatoms. The fourth-order valence-electron chi connectivity index (χ4n) is 5.60. The monoisotopic (exact) mass is 448 g/mol. The van der Waals surface area contributed by atoms with Gasteiger partial charge in [-0.05, 0) is 39.5 Å². The third kappa shape index (κ3) is 2.94. The fraction of sp³-hybridized carbons (Fsp3) is 0.478. The number of rotatable bonds is 4. The van der Waals surface area contributed by atoms with Crippen molar-refractivity contribution in [2.24, 2.45) is 0 Å². The normalized spacial score (nSPS) is 29.3. The number of aromatic nitrogens is 6. The third-order valence-electron chi connectivity index (χ3n) is 7.40. The Hall–Kier alpha value is -3.24. The van der Waals surface area contributed by atoms with Gasteiger partial charge in [-0.1, -0.05) is 0 Å². The maximum atomic E-state index is 10.3. The number of hydrogen-bond acceptors (Lipinski definition) is 8. The highest BCUT2D eigenvalue weighted by atomic mass is 16.5. The zero-order valence-electron chi connectivity index (χ0n) is 19.0. The van der Waals surface area contributed by atoms with Gasteiger partial charge in [0.25, 0.3) is 0 Å². The van der Waals surface area contributed by atoms with E-state index in [2.05, 4.69) is 16.9 Å². The van der Waals surface area contributed by atoms with Crippen LogP contribution in [0.5, 0.6) is 0 Å². The third-order valence-corrected chi connectivity index (χ3v) is 7.40. The summed E-state index contributed by atoms with van der Waals surface area (Å²) in [5.74, 6) is 2.89. The van der Waals surface area contributed by atoms with Gasteiger partial charge in [0, 0.05) is 43.7 Å². The van der Waals surface area contributed by atoms with Crippen LogP contribution in [0.4, 0.5) is 11.6 Å². The van der Waals surface area contributed by atoms with E-state index in [1.165, 1.54) is 0 Å². The molecule has 10 nitrogen and oxygen atoms in total. The summed E-state index contributed by atoms with van der Waals surface area (Å²) in [4.78, 5) is 18.7. The highest BCUT2D eigenvalue weighted by molar-refractivity contribution is 5.93. The maximum absolute atomic E-state index is 10.3. The summed E-state index contributed by atoms with van der Waals surface area (Å²) >= 11 is 0. The number of nitrogen functional groups attached to an aromatic ring is 2. The van der Waals surface area contributed by atoms with Crippen LogP contribution in [0.1, 0.15) is 63.0 Å². The van der Waals surface area contributed by atoms with E-state index in [1.54, 1.807) is 19.5 Å². The Labute approximate surface area is 190 Å². The van der Waals surface area contributed by atoms with Crippen molar-refractivity contribution in [2.45, 2.75) is 62.6 Å². The van der Waals surface area contributed by atoms with Crippen molar-refractivity contribution in [1.29, 1.82) is 0 Å². The van der Waals surface area contributed by atoms with Gasteiger partial charge in [0.1, 0.15) is 45.7 Å². The predicted octanol–water partition coefficient (Wildman–Crippen LogP) is 2.51. The van der Waals surface area contributed by atoms with Crippen molar-refractivity contribution in [1.82, 2.24) is 28.7 Å². The van der Waals surface area contributed by atoms with E-state index in [1.807, 2.05) is 28.1 Å². The van der Waals surface area contributed by atoms with Crippen molar-refractivity contribution in [3.8, 4) is 11.4 Å². The molecule has 2 saturated carbocycles. The first kappa shape index (κ1) is 20.4. The van der Waals surface area contributed by atoms with Crippen molar-refractivity contribution < 1.29 is 9.84 Å². The van der Waals surface area contributed by atoms with Gasteiger partial charge in [-0.25, -0.2) is 19.9 Å². The van der Waals surface area contributed by atoms with E-state index < -0.39 is 5.60 Å². The zero-order valence-corrected chi connectivity index (χ0v) is 19.0. The van der Waals surface area contributed by atoms with Gasteiger partial charge >= 0.3 is 0 Å². The molecule has 172 valence electrons.